The SMILES string of the molecule is NCCc1cc(F)ccc1N1CCN(C=O)CC1. The maximum atomic E-state index is 13.2. The lowest BCUT2D eigenvalue weighted by atomic mass is 10.1. The summed E-state index contributed by atoms with van der Waals surface area (Å²) in [5.41, 5.74) is 7.53. The fourth-order valence-corrected chi connectivity index (χ4v) is 2.29. The van der Waals surface area contributed by atoms with E-state index in [2.05, 4.69) is 4.90 Å². The van der Waals surface area contributed by atoms with Gasteiger partial charge in [0.15, 0.2) is 0 Å². The topological polar surface area (TPSA) is 49.6 Å². The largest absolute Gasteiger partial charge is 0.368 e. The van der Waals surface area contributed by atoms with Gasteiger partial charge in [0.25, 0.3) is 0 Å². The molecule has 0 atom stereocenters. The van der Waals surface area contributed by atoms with Crippen LogP contribution in [0, 0.1) is 5.82 Å². The fraction of sp³-hybridized carbons (Fsp3) is 0.462. The Hall–Kier alpha value is -1.62. The van der Waals surface area contributed by atoms with Gasteiger partial charge in [0.2, 0.25) is 6.41 Å². The van der Waals surface area contributed by atoms with E-state index in [-0.39, 0.29) is 5.82 Å². The average molecular weight is 251 g/mol. The summed E-state index contributed by atoms with van der Waals surface area (Å²) in [6, 6.07) is 4.83. The van der Waals surface area contributed by atoms with Gasteiger partial charge in [-0.1, -0.05) is 0 Å². The molecular formula is C13H18FN3O. The number of nitrogens with two attached hydrogens (primary N) is 1. The Bertz CT molecular complexity index is 417. The standard InChI is InChI=1S/C13H18FN3O/c14-12-1-2-13(11(9-12)3-4-15)17-7-5-16(10-18)6-8-17/h1-2,9-10H,3-8,15H2. The van der Waals surface area contributed by atoms with E-state index in [1.807, 2.05) is 0 Å². The van der Waals surface area contributed by atoms with Crippen LogP contribution in [-0.4, -0.2) is 44.0 Å². The van der Waals surface area contributed by atoms with E-state index in [0.29, 0.717) is 26.1 Å². The van der Waals surface area contributed by atoms with E-state index in [1.165, 1.54) is 6.07 Å². The van der Waals surface area contributed by atoms with Crippen LogP contribution in [-0.2, 0) is 11.2 Å². The molecule has 0 saturated carbocycles. The van der Waals surface area contributed by atoms with Crippen LogP contribution in [0.5, 0.6) is 0 Å². The summed E-state index contributed by atoms with van der Waals surface area (Å²) in [6.07, 6.45) is 1.55. The summed E-state index contributed by atoms with van der Waals surface area (Å²) >= 11 is 0. The first-order valence-electron chi connectivity index (χ1n) is 6.17. The Morgan fingerprint density at radius 3 is 2.61 bits per heavy atom. The molecule has 0 aliphatic carbocycles. The first-order chi connectivity index (χ1) is 8.74. The molecular weight excluding hydrogens is 233 g/mol. The van der Waals surface area contributed by atoms with Crippen LogP contribution >= 0.6 is 0 Å². The lowest BCUT2D eigenvalue weighted by molar-refractivity contribution is -0.118. The molecule has 1 amide bonds. The maximum Gasteiger partial charge on any atom is 0.209 e. The van der Waals surface area contributed by atoms with Crippen LogP contribution in [0.15, 0.2) is 18.2 Å². The van der Waals surface area contributed by atoms with Crippen LogP contribution in [0.25, 0.3) is 0 Å². The van der Waals surface area contributed by atoms with Crippen LogP contribution in [0.4, 0.5) is 10.1 Å². The summed E-state index contributed by atoms with van der Waals surface area (Å²) in [4.78, 5) is 14.6. The molecule has 2 rings (SSSR count). The number of rotatable bonds is 4. The van der Waals surface area contributed by atoms with E-state index in [0.717, 1.165) is 30.8 Å². The lowest BCUT2D eigenvalue weighted by Gasteiger charge is -2.35. The van der Waals surface area contributed by atoms with E-state index in [1.54, 1.807) is 17.0 Å². The van der Waals surface area contributed by atoms with Crippen molar-refractivity contribution in [2.45, 2.75) is 6.42 Å². The molecule has 0 radical (unpaired) electrons. The summed E-state index contributed by atoms with van der Waals surface area (Å²) in [5.74, 6) is -0.228. The molecule has 0 unspecified atom stereocenters. The first kappa shape index (κ1) is 12.8. The van der Waals surface area contributed by atoms with Crippen molar-refractivity contribution in [2.75, 3.05) is 37.6 Å². The van der Waals surface area contributed by atoms with Crippen molar-refractivity contribution in [1.29, 1.82) is 0 Å². The van der Waals surface area contributed by atoms with Crippen LogP contribution in [0.3, 0.4) is 0 Å². The molecule has 0 aromatic heterocycles. The van der Waals surface area contributed by atoms with Crippen LogP contribution < -0.4 is 10.6 Å². The van der Waals surface area contributed by atoms with Crippen molar-refractivity contribution in [3.63, 3.8) is 0 Å². The molecule has 1 aliphatic heterocycles. The van der Waals surface area contributed by atoms with Gasteiger partial charge < -0.3 is 15.5 Å². The number of amides is 1. The molecule has 1 heterocycles. The van der Waals surface area contributed by atoms with Gasteiger partial charge in [-0.3, -0.25) is 4.79 Å². The van der Waals surface area contributed by atoms with Gasteiger partial charge in [0.05, 0.1) is 0 Å². The van der Waals surface area contributed by atoms with Crippen molar-refractivity contribution in [2.24, 2.45) is 5.73 Å². The van der Waals surface area contributed by atoms with Crippen LogP contribution in [0.2, 0.25) is 0 Å². The second kappa shape index (κ2) is 5.82. The predicted octanol–water partition coefficient (Wildman–Crippen LogP) is 0.605. The summed E-state index contributed by atoms with van der Waals surface area (Å²) < 4.78 is 13.2. The highest BCUT2D eigenvalue weighted by Gasteiger charge is 2.18. The Kier molecular flexibility index (Phi) is 4.15. The molecule has 1 fully saturated rings. The molecule has 18 heavy (non-hydrogen) atoms. The highest BCUT2D eigenvalue weighted by molar-refractivity contribution is 5.55. The molecule has 98 valence electrons. The Labute approximate surface area is 106 Å². The van der Waals surface area contributed by atoms with Crippen LogP contribution in [0.1, 0.15) is 5.56 Å². The number of piperazine rings is 1. The summed E-state index contributed by atoms with van der Waals surface area (Å²) in [5, 5.41) is 0. The Balaban J connectivity index is 2.15. The zero-order chi connectivity index (χ0) is 13.0. The second-order valence-electron chi connectivity index (χ2n) is 4.44. The lowest BCUT2D eigenvalue weighted by Crippen LogP contribution is -2.46. The molecule has 4 nitrogen and oxygen atoms in total. The van der Waals surface area contributed by atoms with Gasteiger partial charge in [-0.05, 0) is 36.7 Å². The van der Waals surface area contributed by atoms with Gasteiger partial charge in [0, 0.05) is 31.9 Å². The number of hydrogen-bond donors (Lipinski definition) is 1. The Morgan fingerprint density at radius 1 is 1.28 bits per heavy atom. The maximum absolute atomic E-state index is 13.2. The molecule has 1 saturated heterocycles. The molecule has 0 spiro atoms. The Morgan fingerprint density at radius 2 is 2.00 bits per heavy atom. The summed E-state index contributed by atoms with van der Waals surface area (Å²) in [7, 11) is 0. The molecule has 1 aromatic carbocycles. The minimum Gasteiger partial charge on any atom is -0.368 e. The summed E-state index contributed by atoms with van der Waals surface area (Å²) in [6.45, 7) is 3.49. The van der Waals surface area contributed by atoms with Crippen molar-refractivity contribution in [1.82, 2.24) is 4.90 Å². The van der Waals surface area contributed by atoms with Crippen molar-refractivity contribution >= 4 is 12.1 Å². The minimum absolute atomic E-state index is 0.228. The van der Waals surface area contributed by atoms with E-state index in [9.17, 15) is 9.18 Å². The number of carbonyl (C=O) groups is 1. The zero-order valence-electron chi connectivity index (χ0n) is 10.3. The normalized spacial score (nSPS) is 15.9. The average Bonchev–Trinajstić information content (AvgIpc) is 2.40. The monoisotopic (exact) mass is 251 g/mol. The third kappa shape index (κ3) is 2.79. The molecule has 1 aromatic rings. The number of benzene rings is 1. The predicted molar refractivity (Wildman–Crippen MR) is 69.0 cm³/mol. The van der Waals surface area contributed by atoms with Gasteiger partial charge in [-0.15, -0.1) is 0 Å². The highest BCUT2D eigenvalue weighted by atomic mass is 19.1. The third-order valence-corrected chi connectivity index (χ3v) is 3.26. The van der Waals surface area contributed by atoms with Gasteiger partial charge in [0.1, 0.15) is 5.82 Å². The molecule has 1 aliphatic rings. The first-order valence-corrected chi connectivity index (χ1v) is 6.17. The van der Waals surface area contributed by atoms with E-state index in [4.69, 9.17) is 5.73 Å². The molecule has 2 N–H and O–H groups in total. The van der Waals surface area contributed by atoms with E-state index < -0.39 is 0 Å². The van der Waals surface area contributed by atoms with Crippen molar-refractivity contribution in [3.8, 4) is 0 Å². The number of nitrogens with zero attached hydrogens (tertiary/aromatic N) is 2. The smallest absolute Gasteiger partial charge is 0.209 e. The van der Waals surface area contributed by atoms with Crippen molar-refractivity contribution in [3.05, 3.63) is 29.6 Å². The van der Waals surface area contributed by atoms with Gasteiger partial charge in [-0.25, -0.2) is 4.39 Å². The zero-order valence-corrected chi connectivity index (χ0v) is 10.3. The molecule has 5 heteroatoms. The van der Waals surface area contributed by atoms with Gasteiger partial charge >= 0.3 is 0 Å². The van der Waals surface area contributed by atoms with Gasteiger partial charge in [-0.2, -0.15) is 0 Å². The quantitative estimate of drug-likeness (QED) is 0.797. The number of hydrogen-bond acceptors (Lipinski definition) is 3. The number of halogens is 1. The molecule has 0 bridgehead atoms. The fourth-order valence-electron chi connectivity index (χ4n) is 2.29. The second-order valence-corrected chi connectivity index (χ2v) is 4.44. The number of carbonyl (C=O) groups excluding carboxylic acids is 1. The van der Waals surface area contributed by atoms with E-state index >= 15 is 0 Å². The van der Waals surface area contributed by atoms with Crippen molar-refractivity contribution < 1.29 is 9.18 Å². The number of anilines is 1. The minimum atomic E-state index is -0.228. The highest BCUT2D eigenvalue weighted by Crippen LogP contribution is 2.23. The third-order valence-electron chi connectivity index (χ3n) is 3.26.